The first kappa shape index (κ1) is 15.3. The first-order valence-corrected chi connectivity index (χ1v) is 7.25. The Bertz CT molecular complexity index is 538. The van der Waals surface area contributed by atoms with Gasteiger partial charge < -0.3 is 10.8 Å². The van der Waals surface area contributed by atoms with Crippen molar-refractivity contribution in [2.24, 2.45) is 5.92 Å². The summed E-state index contributed by atoms with van der Waals surface area (Å²) in [7, 11) is 0. The number of hydrogen-bond donors (Lipinski definition) is 2. The van der Waals surface area contributed by atoms with Crippen molar-refractivity contribution in [3.8, 4) is 0 Å². The van der Waals surface area contributed by atoms with Crippen LogP contribution in [-0.4, -0.2) is 16.0 Å². The molecule has 1 unspecified atom stereocenters. The first-order valence-electron chi connectivity index (χ1n) is 7.25. The van der Waals surface area contributed by atoms with Gasteiger partial charge in [-0.3, -0.25) is 14.9 Å². The van der Waals surface area contributed by atoms with Crippen LogP contribution < -0.4 is 5.73 Å². The second-order valence-corrected chi connectivity index (χ2v) is 5.69. The van der Waals surface area contributed by atoms with Crippen LogP contribution >= 0.6 is 0 Å². The summed E-state index contributed by atoms with van der Waals surface area (Å²) >= 11 is 0. The van der Waals surface area contributed by atoms with Crippen molar-refractivity contribution in [1.29, 1.82) is 0 Å². The third-order valence-electron chi connectivity index (χ3n) is 4.29. The lowest BCUT2D eigenvalue weighted by Crippen LogP contribution is -2.15. The molecule has 6 nitrogen and oxygen atoms in total. The fourth-order valence-corrected chi connectivity index (χ4v) is 3.09. The van der Waals surface area contributed by atoms with E-state index < -0.39 is 16.8 Å². The van der Waals surface area contributed by atoms with E-state index in [-0.39, 0.29) is 5.69 Å². The van der Waals surface area contributed by atoms with E-state index >= 15 is 0 Å². The van der Waals surface area contributed by atoms with Gasteiger partial charge in [-0.05, 0) is 30.4 Å². The van der Waals surface area contributed by atoms with Gasteiger partial charge in [-0.2, -0.15) is 0 Å². The second kappa shape index (κ2) is 6.56. The molecule has 1 fully saturated rings. The Labute approximate surface area is 123 Å². The minimum absolute atomic E-state index is 0.119. The fraction of sp³-hybridized carbons (Fsp3) is 0.533. The third-order valence-corrected chi connectivity index (χ3v) is 4.29. The SMILES string of the molecule is Nc1ccc([N+](=O)[O-])cc1C(CCC1CCCC1)C(=O)O. The van der Waals surface area contributed by atoms with Gasteiger partial charge in [-0.15, -0.1) is 0 Å². The van der Waals surface area contributed by atoms with Gasteiger partial charge in [0.1, 0.15) is 0 Å². The van der Waals surface area contributed by atoms with Crippen LogP contribution in [0.5, 0.6) is 0 Å². The molecule has 1 aliphatic carbocycles. The number of anilines is 1. The second-order valence-electron chi connectivity index (χ2n) is 5.69. The van der Waals surface area contributed by atoms with Crippen molar-refractivity contribution in [1.82, 2.24) is 0 Å². The van der Waals surface area contributed by atoms with E-state index in [0.29, 0.717) is 23.6 Å². The van der Waals surface area contributed by atoms with Crippen molar-refractivity contribution < 1.29 is 14.8 Å². The highest BCUT2D eigenvalue weighted by Crippen LogP contribution is 2.35. The molecule has 0 saturated heterocycles. The Morgan fingerprint density at radius 3 is 2.67 bits per heavy atom. The normalized spacial score (nSPS) is 16.8. The summed E-state index contributed by atoms with van der Waals surface area (Å²) in [5.41, 5.74) is 6.37. The number of nitro benzene ring substituents is 1. The molecule has 0 bridgehead atoms. The highest BCUT2D eigenvalue weighted by molar-refractivity contribution is 5.79. The molecule has 0 radical (unpaired) electrons. The Hall–Kier alpha value is -2.11. The Balaban J connectivity index is 2.18. The first-order chi connectivity index (χ1) is 9.99. The van der Waals surface area contributed by atoms with Crippen molar-refractivity contribution in [3.63, 3.8) is 0 Å². The van der Waals surface area contributed by atoms with Gasteiger partial charge in [-0.25, -0.2) is 0 Å². The van der Waals surface area contributed by atoms with E-state index in [0.717, 1.165) is 19.3 Å². The van der Waals surface area contributed by atoms with Gasteiger partial charge in [0.05, 0.1) is 10.8 Å². The number of aliphatic carboxylic acids is 1. The molecule has 114 valence electrons. The number of carboxylic acid groups (broad SMARTS) is 1. The Morgan fingerprint density at radius 1 is 1.43 bits per heavy atom. The highest BCUT2D eigenvalue weighted by Gasteiger charge is 2.26. The summed E-state index contributed by atoms with van der Waals surface area (Å²) in [4.78, 5) is 21.8. The number of carboxylic acids is 1. The smallest absolute Gasteiger partial charge is 0.311 e. The zero-order chi connectivity index (χ0) is 15.4. The van der Waals surface area contributed by atoms with Gasteiger partial charge in [-0.1, -0.05) is 25.7 Å². The summed E-state index contributed by atoms with van der Waals surface area (Å²) < 4.78 is 0. The van der Waals surface area contributed by atoms with Crippen LogP contribution in [0, 0.1) is 16.0 Å². The van der Waals surface area contributed by atoms with E-state index in [4.69, 9.17) is 5.73 Å². The summed E-state index contributed by atoms with van der Waals surface area (Å²) in [5, 5.41) is 20.3. The summed E-state index contributed by atoms with van der Waals surface area (Å²) in [5.74, 6) is -1.17. The predicted molar refractivity (Wildman–Crippen MR) is 79.1 cm³/mol. The van der Waals surface area contributed by atoms with Crippen LogP contribution in [0.25, 0.3) is 0 Å². The number of nitrogen functional groups attached to an aromatic ring is 1. The fourth-order valence-electron chi connectivity index (χ4n) is 3.09. The highest BCUT2D eigenvalue weighted by atomic mass is 16.6. The van der Waals surface area contributed by atoms with E-state index in [1.807, 2.05) is 0 Å². The van der Waals surface area contributed by atoms with Crippen LogP contribution in [0.3, 0.4) is 0 Å². The molecule has 0 aromatic heterocycles. The number of nitrogens with zero attached hydrogens (tertiary/aromatic N) is 1. The van der Waals surface area contributed by atoms with E-state index in [9.17, 15) is 20.0 Å². The molecule has 1 saturated carbocycles. The summed E-state index contributed by atoms with van der Waals surface area (Å²) in [6.45, 7) is 0. The standard InChI is InChI=1S/C15H20N2O4/c16-14-8-6-11(17(20)21)9-13(14)12(15(18)19)7-5-10-3-1-2-4-10/h6,8-10,12H,1-5,7,16H2,(H,18,19). The molecule has 3 N–H and O–H groups in total. The van der Waals surface area contributed by atoms with Gasteiger partial charge >= 0.3 is 5.97 Å². The van der Waals surface area contributed by atoms with Crippen molar-refractivity contribution in [2.75, 3.05) is 5.73 Å². The molecule has 1 aliphatic rings. The molecule has 1 aromatic carbocycles. The zero-order valence-corrected chi connectivity index (χ0v) is 11.8. The molecule has 1 aromatic rings. The van der Waals surface area contributed by atoms with Crippen LogP contribution in [0.15, 0.2) is 18.2 Å². The number of carbonyl (C=O) groups is 1. The maximum Gasteiger partial charge on any atom is 0.311 e. The number of non-ortho nitro benzene ring substituents is 1. The van der Waals surface area contributed by atoms with Gasteiger partial charge in [0, 0.05) is 17.8 Å². The number of hydrogen-bond acceptors (Lipinski definition) is 4. The average molecular weight is 292 g/mol. The molecule has 0 aliphatic heterocycles. The van der Waals surface area contributed by atoms with Crippen LogP contribution in [0.2, 0.25) is 0 Å². The molecular formula is C15H20N2O4. The molecule has 0 spiro atoms. The van der Waals surface area contributed by atoms with Crippen LogP contribution in [0.1, 0.15) is 50.0 Å². The Kier molecular flexibility index (Phi) is 4.77. The van der Waals surface area contributed by atoms with Crippen molar-refractivity contribution in [3.05, 3.63) is 33.9 Å². The van der Waals surface area contributed by atoms with Gasteiger partial charge in [0.15, 0.2) is 0 Å². The van der Waals surface area contributed by atoms with E-state index in [1.54, 1.807) is 0 Å². The average Bonchev–Trinajstić information content (AvgIpc) is 2.93. The number of nitrogens with two attached hydrogens (primary N) is 1. The summed E-state index contributed by atoms with van der Waals surface area (Å²) in [6, 6.07) is 4.01. The molecule has 0 heterocycles. The lowest BCUT2D eigenvalue weighted by molar-refractivity contribution is -0.384. The minimum Gasteiger partial charge on any atom is -0.481 e. The van der Waals surface area contributed by atoms with Gasteiger partial charge in [0.25, 0.3) is 5.69 Å². The molecule has 21 heavy (non-hydrogen) atoms. The van der Waals surface area contributed by atoms with Crippen LogP contribution in [-0.2, 0) is 4.79 Å². The van der Waals surface area contributed by atoms with Gasteiger partial charge in [0.2, 0.25) is 0 Å². The molecule has 0 amide bonds. The van der Waals surface area contributed by atoms with E-state index in [1.165, 1.54) is 31.0 Å². The van der Waals surface area contributed by atoms with Crippen molar-refractivity contribution >= 4 is 17.3 Å². The van der Waals surface area contributed by atoms with Crippen LogP contribution in [0.4, 0.5) is 11.4 Å². The monoisotopic (exact) mass is 292 g/mol. The predicted octanol–water partition coefficient (Wildman–Crippen LogP) is 3.32. The number of nitro groups is 1. The summed E-state index contributed by atoms with van der Waals surface area (Å²) in [6.07, 6.45) is 6.03. The zero-order valence-electron chi connectivity index (χ0n) is 11.8. The quantitative estimate of drug-likeness (QED) is 0.475. The molecular weight excluding hydrogens is 272 g/mol. The molecule has 6 heteroatoms. The maximum atomic E-state index is 11.5. The Morgan fingerprint density at radius 2 is 2.10 bits per heavy atom. The number of rotatable bonds is 6. The van der Waals surface area contributed by atoms with Crippen molar-refractivity contribution in [2.45, 2.75) is 44.4 Å². The lowest BCUT2D eigenvalue weighted by Gasteiger charge is -2.17. The largest absolute Gasteiger partial charge is 0.481 e. The molecule has 1 atom stereocenters. The maximum absolute atomic E-state index is 11.5. The molecule has 2 rings (SSSR count). The lowest BCUT2D eigenvalue weighted by atomic mass is 9.88. The number of benzene rings is 1. The topological polar surface area (TPSA) is 106 Å². The third kappa shape index (κ3) is 3.71. The minimum atomic E-state index is -0.972. The van der Waals surface area contributed by atoms with E-state index in [2.05, 4.69) is 0 Å².